The van der Waals surface area contributed by atoms with E-state index in [0.29, 0.717) is 0 Å². The van der Waals surface area contributed by atoms with Crippen molar-refractivity contribution in [2.24, 2.45) is 0 Å². The zero-order valence-electron chi connectivity index (χ0n) is 7.99. The van der Waals surface area contributed by atoms with E-state index in [-0.39, 0.29) is 11.5 Å². The van der Waals surface area contributed by atoms with Crippen LogP contribution in [0.1, 0.15) is 5.56 Å². The molecule has 15 heavy (non-hydrogen) atoms. The molecule has 6 nitrogen and oxygen atoms in total. The maximum absolute atomic E-state index is 10.7. The Balaban J connectivity index is 2.57. The molecule has 0 aliphatic heterocycles. The molecule has 0 radical (unpaired) electrons. The molecule has 2 aromatic rings. The van der Waals surface area contributed by atoms with E-state index in [1.165, 1.54) is 23.0 Å². The minimum absolute atomic E-state index is 0.0550. The molecule has 0 aliphatic rings. The maximum Gasteiger partial charge on any atom is 0.313 e. The number of pyridine rings is 1. The van der Waals surface area contributed by atoms with Gasteiger partial charge in [-0.3, -0.25) is 10.1 Å². The van der Waals surface area contributed by atoms with E-state index in [9.17, 15) is 10.1 Å². The van der Waals surface area contributed by atoms with Gasteiger partial charge in [0.15, 0.2) is 0 Å². The third kappa shape index (κ3) is 1.69. The fraction of sp³-hybridized carbons (Fsp3) is 0.111. The Morgan fingerprint density at radius 2 is 2.33 bits per heavy atom. The summed E-state index contributed by atoms with van der Waals surface area (Å²) in [6.07, 6.45) is 4.81. The maximum atomic E-state index is 10.7. The number of hydrogen-bond donors (Lipinski definition) is 0. The number of rotatable bonds is 2. The Hall–Kier alpha value is -2.24. The summed E-state index contributed by atoms with van der Waals surface area (Å²) in [6, 6.07) is 2.93. The van der Waals surface area contributed by atoms with E-state index >= 15 is 0 Å². The Morgan fingerprint density at radius 3 is 2.93 bits per heavy atom. The minimum atomic E-state index is -0.473. The van der Waals surface area contributed by atoms with Crippen molar-refractivity contribution < 1.29 is 4.92 Å². The largest absolute Gasteiger partial charge is 0.313 e. The van der Waals surface area contributed by atoms with Crippen molar-refractivity contribution in [2.75, 3.05) is 0 Å². The van der Waals surface area contributed by atoms with Gasteiger partial charge in [-0.1, -0.05) is 0 Å². The Kier molecular flexibility index (Phi) is 2.17. The standard InChI is InChI=1S/C9H8N4O2/c1-7-5-11-12(6-7)9-8(13(14)15)3-2-4-10-9/h2-6H,1H3. The van der Waals surface area contributed by atoms with Gasteiger partial charge >= 0.3 is 5.69 Å². The van der Waals surface area contributed by atoms with Crippen LogP contribution in [-0.2, 0) is 0 Å². The molecule has 0 unspecified atom stereocenters. The molecule has 2 rings (SSSR count). The van der Waals surface area contributed by atoms with Gasteiger partial charge in [-0.05, 0) is 18.6 Å². The Morgan fingerprint density at radius 1 is 1.53 bits per heavy atom. The first-order valence-electron chi connectivity index (χ1n) is 4.29. The second kappa shape index (κ2) is 3.49. The van der Waals surface area contributed by atoms with Crippen LogP contribution in [0.3, 0.4) is 0 Å². The third-order valence-electron chi connectivity index (χ3n) is 1.89. The van der Waals surface area contributed by atoms with Crippen molar-refractivity contribution in [2.45, 2.75) is 6.92 Å². The van der Waals surface area contributed by atoms with Crippen LogP contribution in [0.4, 0.5) is 5.69 Å². The van der Waals surface area contributed by atoms with Gasteiger partial charge in [0.1, 0.15) is 0 Å². The number of aromatic nitrogens is 3. The van der Waals surface area contributed by atoms with Gasteiger partial charge in [-0.2, -0.15) is 5.10 Å². The molecule has 0 bridgehead atoms. The predicted molar refractivity (Wildman–Crippen MR) is 52.8 cm³/mol. The second-order valence-electron chi connectivity index (χ2n) is 3.07. The molecule has 2 heterocycles. The van der Waals surface area contributed by atoms with Crippen LogP contribution in [0, 0.1) is 17.0 Å². The Bertz CT molecular complexity index is 506. The quantitative estimate of drug-likeness (QED) is 0.548. The van der Waals surface area contributed by atoms with Gasteiger partial charge in [0.2, 0.25) is 5.82 Å². The van der Waals surface area contributed by atoms with E-state index in [2.05, 4.69) is 10.1 Å². The highest BCUT2D eigenvalue weighted by atomic mass is 16.6. The first kappa shape index (κ1) is 9.32. The normalized spacial score (nSPS) is 10.2. The number of nitrogens with zero attached hydrogens (tertiary/aromatic N) is 4. The lowest BCUT2D eigenvalue weighted by Gasteiger charge is -1.99. The van der Waals surface area contributed by atoms with Gasteiger partial charge in [0.05, 0.1) is 11.1 Å². The van der Waals surface area contributed by atoms with Gasteiger partial charge in [0, 0.05) is 18.5 Å². The first-order valence-corrected chi connectivity index (χ1v) is 4.29. The second-order valence-corrected chi connectivity index (χ2v) is 3.07. The topological polar surface area (TPSA) is 73.8 Å². The summed E-state index contributed by atoms with van der Waals surface area (Å²) in [6.45, 7) is 1.86. The van der Waals surface area contributed by atoms with Crippen LogP contribution in [0.25, 0.3) is 5.82 Å². The molecule has 76 valence electrons. The fourth-order valence-electron chi connectivity index (χ4n) is 1.24. The number of nitro groups is 1. The van der Waals surface area contributed by atoms with Gasteiger partial charge in [-0.25, -0.2) is 9.67 Å². The monoisotopic (exact) mass is 204 g/mol. The minimum Gasteiger partial charge on any atom is -0.258 e. The zero-order valence-corrected chi connectivity index (χ0v) is 7.99. The van der Waals surface area contributed by atoms with Gasteiger partial charge < -0.3 is 0 Å². The first-order chi connectivity index (χ1) is 7.18. The van der Waals surface area contributed by atoms with Crippen LogP contribution in [0.2, 0.25) is 0 Å². The molecule has 0 spiro atoms. The molecular formula is C9H8N4O2. The van der Waals surface area contributed by atoms with Crippen molar-refractivity contribution in [3.63, 3.8) is 0 Å². The third-order valence-corrected chi connectivity index (χ3v) is 1.89. The van der Waals surface area contributed by atoms with Crippen LogP contribution in [0.15, 0.2) is 30.7 Å². The molecule has 0 fully saturated rings. The summed E-state index contributed by atoms with van der Waals surface area (Å²) in [5.41, 5.74) is 0.871. The van der Waals surface area contributed by atoms with Crippen molar-refractivity contribution in [1.82, 2.24) is 14.8 Å². The molecule has 2 aromatic heterocycles. The summed E-state index contributed by atoms with van der Waals surface area (Å²) in [5.74, 6) is 0.232. The zero-order chi connectivity index (χ0) is 10.8. The predicted octanol–water partition coefficient (Wildman–Crippen LogP) is 1.48. The van der Waals surface area contributed by atoms with E-state index < -0.39 is 4.92 Å². The summed E-state index contributed by atoms with van der Waals surface area (Å²) in [4.78, 5) is 14.2. The lowest BCUT2D eigenvalue weighted by Crippen LogP contribution is -2.02. The molecule has 6 heteroatoms. The van der Waals surface area contributed by atoms with Crippen molar-refractivity contribution in [3.8, 4) is 5.82 Å². The summed E-state index contributed by atoms with van der Waals surface area (Å²) >= 11 is 0. The summed E-state index contributed by atoms with van der Waals surface area (Å²) in [5, 5.41) is 14.7. The molecule has 0 saturated heterocycles. The van der Waals surface area contributed by atoms with E-state index in [4.69, 9.17) is 0 Å². The average Bonchev–Trinajstić information content (AvgIpc) is 2.65. The van der Waals surface area contributed by atoms with Gasteiger partial charge in [-0.15, -0.1) is 0 Å². The summed E-state index contributed by atoms with van der Waals surface area (Å²) < 4.78 is 1.40. The molecular weight excluding hydrogens is 196 g/mol. The van der Waals surface area contributed by atoms with Crippen LogP contribution < -0.4 is 0 Å². The fourth-order valence-corrected chi connectivity index (χ4v) is 1.24. The number of hydrogen-bond acceptors (Lipinski definition) is 4. The van der Waals surface area contributed by atoms with Crippen molar-refractivity contribution in [3.05, 3.63) is 46.4 Å². The van der Waals surface area contributed by atoms with Crippen LogP contribution >= 0.6 is 0 Å². The highest BCUT2D eigenvalue weighted by Crippen LogP contribution is 2.18. The molecule has 0 aliphatic carbocycles. The van der Waals surface area contributed by atoms with Crippen molar-refractivity contribution in [1.29, 1.82) is 0 Å². The molecule has 0 aromatic carbocycles. The van der Waals surface area contributed by atoms with Crippen molar-refractivity contribution >= 4 is 5.69 Å². The molecule has 0 saturated carbocycles. The molecule has 0 N–H and O–H groups in total. The van der Waals surface area contributed by atoms with Crippen LogP contribution in [0.5, 0.6) is 0 Å². The molecule has 0 atom stereocenters. The highest BCUT2D eigenvalue weighted by Gasteiger charge is 2.15. The molecule has 0 amide bonds. The van der Waals surface area contributed by atoms with Gasteiger partial charge in [0.25, 0.3) is 0 Å². The smallest absolute Gasteiger partial charge is 0.258 e. The summed E-state index contributed by atoms with van der Waals surface area (Å²) in [7, 11) is 0. The number of aryl methyl sites for hydroxylation is 1. The van der Waals surface area contributed by atoms with E-state index in [0.717, 1.165) is 5.56 Å². The highest BCUT2D eigenvalue weighted by molar-refractivity contribution is 5.45. The van der Waals surface area contributed by atoms with E-state index in [1.807, 2.05) is 6.92 Å². The lowest BCUT2D eigenvalue weighted by atomic mass is 10.4. The Labute approximate surface area is 85.3 Å². The lowest BCUT2D eigenvalue weighted by molar-refractivity contribution is -0.384. The van der Waals surface area contributed by atoms with E-state index in [1.54, 1.807) is 12.4 Å². The SMILES string of the molecule is Cc1cnn(-c2ncccc2[N+](=O)[O-])c1. The van der Waals surface area contributed by atoms with Crippen LogP contribution in [-0.4, -0.2) is 19.7 Å². The average molecular weight is 204 g/mol.